The number of para-hydroxylation sites is 2. The molecule has 3 heterocycles. The van der Waals surface area contributed by atoms with Crippen molar-refractivity contribution in [2.75, 3.05) is 16.8 Å². The van der Waals surface area contributed by atoms with E-state index in [1.54, 1.807) is 6.07 Å². The highest BCUT2D eigenvalue weighted by atomic mass is 16.1. The maximum Gasteiger partial charge on any atom is 0.193 e. The normalized spacial score (nSPS) is 13.0. The zero-order valence-electron chi connectivity index (χ0n) is 19.6. The Hall–Kier alpha value is -4.38. The molecule has 172 valence electrons. The lowest BCUT2D eigenvalue weighted by atomic mass is 10.00. The van der Waals surface area contributed by atoms with Gasteiger partial charge in [0.05, 0.1) is 5.39 Å². The van der Waals surface area contributed by atoms with Gasteiger partial charge in [0.25, 0.3) is 0 Å². The predicted molar refractivity (Wildman–Crippen MR) is 143 cm³/mol. The zero-order valence-corrected chi connectivity index (χ0v) is 19.6. The molecular formula is C30H26N4O. The number of anilines is 3. The highest BCUT2D eigenvalue weighted by molar-refractivity contribution is 5.85. The number of hydrogen-bond acceptors (Lipinski definition) is 4. The molecule has 2 aromatic heterocycles. The number of aromatic nitrogens is 2. The van der Waals surface area contributed by atoms with Crippen molar-refractivity contribution >= 4 is 28.4 Å². The van der Waals surface area contributed by atoms with Crippen LogP contribution in [0.2, 0.25) is 0 Å². The molecule has 0 saturated carbocycles. The van der Waals surface area contributed by atoms with Crippen LogP contribution in [0.5, 0.6) is 0 Å². The molecule has 0 bridgehead atoms. The Morgan fingerprint density at radius 3 is 2.29 bits per heavy atom. The lowest BCUT2D eigenvalue weighted by Gasteiger charge is -2.30. The van der Waals surface area contributed by atoms with Crippen LogP contribution in [0, 0.1) is 6.92 Å². The van der Waals surface area contributed by atoms with E-state index in [0.717, 1.165) is 42.3 Å². The van der Waals surface area contributed by atoms with Crippen molar-refractivity contribution in [1.82, 2.24) is 9.55 Å². The summed E-state index contributed by atoms with van der Waals surface area (Å²) in [5, 5.41) is 4.09. The van der Waals surface area contributed by atoms with E-state index >= 15 is 0 Å². The highest BCUT2D eigenvalue weighted by Gasteiger charge is 2.21. The summed E-state index contributed by atoms with van der Waals surface area (Å²) in [4.78, 5) is 20.8. The fraction of sp³-hybridized carbons (Fsp3) is 0.133. The van der Waals surface area contributed by atoms with E-state index in [4.69, 9.17) is 4.98 Å². The molecule has 5 heteroatoms. The van der Waals surface area contributed by atoms with E-state index in [2.05, 4.69) is 45.1 Å². The summed E-state index contributed by atoms with van der Waals surface area (Å²) in [7, 11) is 0. The fourth-order valence-electron chi connectivity index (χ4n) is 4.93. The quantitative estimate of drug-likeness (QED) is 0.359. The van der Waals surface area contributed by atoms with E-state index in [1.165, 1.54) is 11.1 Å². The van der Waals surface area contributed by atoms with Crippen LogP contribution in [0.25, 0.3) is 16.7 Å². The Balaban J connectivity index is 1.55. The van der Waals surface area contributed by atoms with Gasteiger partial charge in [-0.05, 0) is 60.4 Å². The van der Waals surface area contributed by atoms with Crippen molar-refractivity contribution in [1.29, 1.82) is 0 Å². The third-order valence-corrected chi connectivity index (χ3v) is 6.67. The summed E-state index contributed by atoms with van der Waals surface area (Å²) in [6.45, 7) is 3.71. The van der Waals surface area contributed by atoms with Crippen LogP contribution in [0.15, 0.2) is 102 Å². The second kappa shape index (κ2) is 8.76. The van der Waals surface area contributed by atoms with Crippen LogP contribution >= 0.6 is 0 Å². The molecule has 5 aromatic rings. The summed E-state index contributed by atoms with van der Waals surface area (Å²) in [6, 6.07) is 32.3. The molecule has 0 atom stereocenters. The summed E-state index contributed by atoms with van der Waals surface area (Å²) in [5.74, 6) is 1.58. The summed E-state index contributed by atoms with van der Waals surface area (Å²) in [5.41, 5.74) is 6.16. The van der Waals surface area contributed by atoms with Crippen LogP contribution in [0.1, 0.15) is 16.7 Å². The van der Waals surface area contributed by atoms with Gasteiger partial charge >= 0.3 is 0 Å². The Morgan fingerprint density at radius 2 is 1.51 bits per heavy atom. The van der Waals surface area contributed by atoms with Gasteiger partial charge in [0.15, 0.2) is 11.1 Å². The van der Waals surface area contributed by atoms with Crippen molar-refractivity contribution < 1.29 is 0 Å². The molecule has 1 N–H and O–H groups in total. The van der Waals surface area contributed by atoms with Gasteiger partial charge in [-0.25, -0.2) is 4.98 Å². The number of benzene rings is 3. The molecule has 35 heavy (non-hydrogen) atoms. The Bertz CT molecular complexity index is 1580. The van der Waals surface area contributed by atoms with E-state index in [9.17, 15) is 4.79 Å². The maximum absolute atomic E-state index is 13.3. The predicted octanol–water partition coefficient (Wildman–Crippen LogP) is 6.00. The SMILES string of the molecule is Cc1cc(N2CCc3ccccc3C2)nc2c1c(=O)cc(Nc1ccccc1)n2-c1ccccc1. The van der Waals surface area contributed by atoms with Crippen molar-refractivity contribution in [3.05, 3.63) is 124 Å². The average Bonchev–Trinajstić information content (AvgIpc) is 2.89. The van der Waals surface area contributed by atoms with Gasteiger partial charge in [-0.15, -0.1) is 0 Å². The van der Waals surface area contributed by atoms with Gasteiger partial charge < -0.3 is 10.2 Å². The molecule has 3 aromatic carbocycles. The Morgan fingerprint density at radius 1 is 0.829 bits per heavy atom. The molecule has 1 aliphatic heterocycles. The first-order valence-corrected chi connectivity index (χ1v) is 11.9. The van der Waals surface area contributed by atoms with Gasteiger partial charge in [0.1, 0.15) is 11.6 Å². The first-order chi connectivity index (χ1) is 17.2. The molecule has 0 amide bonds. The number of aryl methyl sites for hydroxylation is 1. The lowest BCUT2D eigenvalue weighted by molar-refractivity contribution is 0.721. The summed E-state index contributed by atoms with van der Waals surface area (Å²) in [6.07, 6.45) is 0.982. The van der Waals surface area contributed by atoms with Crippen molar-refractivity contribution in [3.63, 3.8) is 0 Å². The van der Waals surface area contributed by atoms with E-state index in [-0.39, 0.29) is 5.43 Å². The number of rotatable bonds is 4. The topological polar surface area (TPSA) is 50.2 Å². The maximum atomic E-state index is 13.3. The standard InChI is InChI=1S/C30H26N4O/c1-21-18-27(33-17-16-22-10-8-9-11-23(22)20-33)32-30-29(21)26(35)19-28(31-24-12-4-2-5-13-24)34(30)25-14-6-3-7-15-25/h2-15,18-19,31H,16-17,20H2,1H3. The number of nitrogens with zero attached hydrogens (tertiary/aromatic N) is 3. The van der Waals surface area contributed by atoms with Crippen LogP contribution in [0.4, 0.5) is 17.3 Å². The molecule has 0 saturated heterocycles. The number of nitrogens with one attached hydrogen (secondary N) is 1. The molecule has 0 aliphatic carbocycles. The molecule has 1 aliphatic rings. The lowest BCUT2D eigenvalue weighted by Crippen LogP contribution is -2.31. The van der Waals surface area contributed by atoms with Crippen LogP contribution in [0.3, 0.4) is 0 Å². The number of pyridine rings is 2. The van der Waals surface area contributed by atoms with Crippen molar-refractivity contribution in [2.24, 2.45) is 0 Å². The zero-order chi connectivity index (χ0) is 23.8. The van der Waals surface area contributed by atoms with Crippen molar-refractivity contribution in [2.45, 2.75) is 19.9 Å². The van der Waals surface area contributed by atoms with E-state index in [1.807, 2.05) is 67.6 Å². The van der Waals surface area contributed by atoms with Gasteiger partial charge in [-0.2, -0.15) is 0 Å². The molecule has 6 rings (SSSR count). The van der Waals surface area contributed by atoms with E-state index in [0.29, 0.717) is 16.9 Å². The molecule has 5 nitrogen and oxygen atoms in total. The molecule has 0 radical (unpaired) electrons. The van der Waals surface area contributed by atoms with Crippen LogP contribution < -0.4 is 15.6 Å². The smallest absolute Gasteiger partial charge is 0.193 e. The largest absolute Gasteiger partial charge is 0.352 e. The Kier molecular flexibility index (Phi) is 5.30. The molecular weight excluding hydrogens is 432 g/mol. The van der Waals surface area contributed by atoms with Gasteiger partial charge in [-0.1, -0.05) is 60.7 Å². The Labute approximate surface area is 204 Å². The average molecular weight is 459 g/mol. The van der Waals surface area contributed by atoms with Crippen molar-refractivity contribution in [3.8, 4) is 5.69 Å². The van der Waals surface area contributed by atoms with Gasteiger partial charge in [0, 0.05) is 30.5 Å². The minimum atomic E-state index is -0.0360. The second-order valence-corrected chi connectivity index (χ2v) is 8.99. The van der Waals surface area contributed by atoms with E-state index < -0.39 is 0 Å². The second-order valence-electron chi connectivity index (χ2n) is 8.99. The first-order valence-electron chi connectivity index (χ1n) is 11.9. The third kappa shape index (κ3) is 3.95. The minimum Gasteiger partial charge on any atom is -0.352 e. The third-order valence-electron chi connectivity index (χ3n) is 6.67. The number of fused-ring (bicyclic) bond motifs is 2. The van der Waals surface area contributed by atoms with Gasteiger partial charge in [-0.3, -0.25) is 9.36 Å². The molecule has 0 spiro atoms. The monoisotopic (exact) mass is 458 g/mol. The number of hydrogen-bond donors (Lipinski definition) is 1. The molecule has 0 fully saturated rings. The molecule has 0 unspecified atom stereocenters. The summed E-state index contributed by atoms with van der Waals surface area (Å²) < 4.78 is 2.05. The summed E-state index contributed by atoms with van der Waals surface area (Å²) >= 11 is 0. The van der Waals surface area contributed by atoms with Gasteiger partial charge in [0.2, 0.25) is 0 Å². The van der Waals surface area contributed by atoms with Crippen LogP contribution in [-0.4, -0.2) is 16.1 Å². The minimum absolute atomic E-state index is 0.0360. The highest BCUT2D eigenvalue weighted by Crippen LogP contribution is 2.30. The van der Waals surface area contributed by atoms with Crippen LogP contribution in [-0.2, 0) is 13.0 Å². The first kappa shape index (κ1) is 21.2. The fourth-order valence-corrected chi connectivity index (χ4v) is 4.93.